The number of pyridine rings is 1. The van der Waals surface area contributed by atoms with Crippen molar-refractivity contribution in [2.45, 2.75) is 31.7 Å². The average molecular weight is 437 g/mol. The average Bonchev–Trinajstić information content (AvgIpc) is 2.96. The second kappa shape index (κ2) is 7.67. The molecule has 142 valence electrons. The number of nitrogens with zero attached hydrogens (tertiary/aromatic N) is 1. The third-order valence-corrected chi connectivity index (χ3v) is 4.16. The number of rotatable bonds is 6. The van der Waals surface area contributed by atoms with Crippen LogP contribution < -0.4 is 10.9 Å². The molecule has 0 aromatic carbocycles. The van der Waals surface area contributed by atoms with Gasteiger partial charge in [0.25, 0.3) is 5.56 Å². The van der Waals surface area contributed by atoms with Gasteiger partial charge in [0, 0.05) is 29.7 Å². The van der Waals surface area contributed by atoms with Gasteiger partial charge in [0.05, 0.1) is 0 Å². The van der Waals surface area contributed by atoms with E-state index < -0.39 is 42.0 Å². The highest BCUT2D eigenvalue weighted by Gasteiger charge is 2.56. The number of carbonyl (C=O) groups is 1. The Morgan fingerprint density at radius 1 is 1.31 bits per heavy atom. The minimum absolute atomic E-state index is 0.223. The first kappa shape index (κ1) is 20.2. The topological polar surface area (TPSA) is 84.5 Å². The molecule has 0 aliphatic carbocycles. The van der Waals surface area contributed by atoms with Crippen molar-refractivity contribution in [3.63, 3.8) is 0 Å². The Balaban J connectivity index is 2.02. The number of hydrogen-bond donors (Lipinski definition) is 2. The van der Waals surface area contributed by atoms with Gasteiger partial charge < -0.3 is 19.4 Å². The summed E-state index contributed by atoms with van der Waals surface area (Å²) in [4.78, 5) is 23.5. The summed E-state index contributed by atoms with van der Waals surface area (Å²) in [5.41, 5.74) is -3.65. The van der Waals surface area contributed by atoms with E-state index >= 15 is 0 Å². The number of hydrogen-bond acceptors (Lipinski definition) is 4. The van der Waals surface area contributed by atoms with Crippen LogP contribution in [-0.4, -0.2) is 28.3 Å². The number of aliphatic hydroxyl groups is 1. The monoisotopic (exact) mass is 436 g/mol. The van der Waals surface area contributed by atoms with Crippen molar-refractivity contribution in [3.8, 4) is 0 Å². The molecule has 0 unspecified atom stereocenters. The fraction of sp³-hybridized carbons (Fsp3) is 0.375. The molecule has 0 spiro atoms. The van der Waals surface area contributed by atoms with Crippen LogP contribution in [0, 0.1) is 6.92 Å². The minimum Gasteiger partial charge on any atom is -0.463 e. The Morgan fingerprint density at radius 3 is 2.58 bits per heavy atom. The zero-order valence-corrected chi connectivity index (χ0v) is 15.2. The lowest BCUT2D eigenvalue weighted by atomic mass is 9.95. The first-order valence-electron chi connectivity index (χ1n) is 7.51. The maximum absolute atomic E-state index is 13.3. The number of amides is 1. The Kier molecular flexibility index (Phi) is 5.97. The van der Waals surface area contributed by atoms with Crippen molar-refractivity contribution >= 4 is 21.8 Å². The van der Waals surface area contributed by atoms with E-state index in [4.69, 9.17) is 4.42 Å². The summed E-state index contributed by atoms with van der Waals surface area (Å²) in [5, 5.41) is 12.4. The predicted octanol–water partition coefficient (Wildman–Crippen LogP) is 2.47. The third-order valence-electron chi connectivity index (χ3n) is 3.69. The molecule has 0 bridgehead atoms. The molecule has 2 rings (SSSR count). The zero-order chi connectivity index (χ0) is 19.5. The van der Waals surface area contributed by atoms with E-state index in [1.165, 1.54) is 31.3 Å². The predicted molar refractivity (Wildman–Crippen MR) is 89.4 cm³/mol. The SMILES string of the molecule is Cc1ccc([C@@](O)(CCNC(=O)Cn2cc(Br)ccc2=O)C(F)(F)F)o1. The minimum atomic E-state index is -4.98. The molecule has 0 saturated heterocycles. The van der Waals surface area contributed by atoms with Gasteiger partial charge in [-0.05, 0) is 41.1 Å². The van der Waals surface area contributed by atoms with Crippen molar-refractivity contribution < 1.29 is 27.5 Å². The molecule has 2 aromatic heterocycles. The quantitative estimate of drug-likeness (QED) is 0.728. The second-order valence-electron chi connectivity index (χ2n) is 5.68. The maximum Gasteiger partial charge on any atom is 0.424 e. The molecule has 6 nitrogen and oxygen atoms in total. The van der Waals surface area contributed by atoms with Crippen LogP contribution in [0.4, 0.5) is 13.2 Å². The first-order valence-corrected chi connectivity index (χ1v) is 8.31. The van der Waals surface area contributed by atoms with Gasteiger partial charge in [0.15, 0.2) is 0 Å². The maximum atomic E-state index is 13.3. The number of furan rings is 1. The summed E-state index contributed by atoms with van der Waals surface area (Å²) < 4.78 is 46.5. The summed E-state index contributed by atoms with van der Waals surface area (Å²) in [6, 6.07) is 5.11. The molecule has 26 heavy (non-hydrogen) atoms. The molecule has 1 atom stereocenters. The molecule has 0 aliphatic rings. The molecule has 0 radical (unpaired) electrons. The van der Waals surface area contributed by atoms with E-state index in [1.54, 1.807) is 0 Å². The first-order chi connectivity index (χ1) is 12.0. The number of nitrogens with one attached hydrogen (secondary N) is 1. The largest absolute Gasteiger partial charge is 0.463 e. The van der Waals surface area contributed by atoms with Crippen LogP contribution in [0.2, 0.25) is 0 Å². The molecule has 10 heteroatoms. The van der Waals surface area contributed by atoms with E-state index in [9.17, 15) is 27.9 Å². The summed E-state index contributed by atoms with van der Waals surface area (Å²) in [6.07, 6.45) is -4.43. The van der Waals surface area contributed by atoms with Gasteiger partial charge in [-0.3, -0.25) is 9.59 Å². The van der Waals surface area contributed by atoms with Crippen molar-refractivity contribution in [1.29, 1.82) is 0 Å². The highest BCUT2D eigenvalue weighted by molar-refractivity contribution is 9.10. The number of aromatic nitrogens is 1. The van der Waals surface area contributed by atoms with Gasteiger partial charge in [-0.25, -0.2) is 0 Å². The summed E-state index contributed by atoms with van der Waals surface area (Å²) in [5.74, 6) is -1.08. The number of alkyl halides is 3. The van der Waals surface area contributed by atoms with Crippen molar-refractivity contribution in [2.75, 3.05) is 6.54 Å². The van der Waals surface area contributed by atoms with E-state index in [0.29, 0.717) is 4.47 Å². The van der Waals surface area contributed by atoms with E-state index in [1.807, 2.05) is 0 Å². The molecule has 0 saturated carbocycles. The van der Waals surface area contributed by atoms with Gasteiger partial charge in [-0.15, -0.1) is 0 Å². The van der Waals surface area contributed by atoms with E-state index in [-0.39, 0.29) is 12.3 Å². The Bertz CT molecular complexity index is 847. The van der Waals surface area contributed by atoms with Crippen LogP contribution in [0.15, 0.2) is 44.1 Å². The van der Waals surface area contributed by atoms with Gasteiger partial charge >= 0.3 is 6.18 Å². The fourth-order valence-corrected chi connectivity index (χ4v) is 2.66. The van der Waals surface area contributed by atoms with Crippen LogP contribution in [-0.2, 0) is 16.9 Å². The third kappa shape index (κ3) is 4.55. The molecular weight excluding hydrogens is 421 g/mol. The zero-order valence-electron chi connectivity index (χ0n) is 13.6. The van der Waals surface area contributed by atoms with Crippen LogP contribution in [0.1, 0.15) is 17.9 Å². The van der Waals surface area contributed by atoms with Gasteiger partial charge in [-0.2, -0.15) is 13.2 Å². The Hall–Kier alpha value is -2.07. The molecular formula is C16H16BrF3N2O4. The highest BCUT2D eigenvalue weighted by atomic mass is 79.9. The summed E-state index contributed by atoms with van der Waals surface area (Å²) in [7, 11) is 0. The fourth-order valence-electron chi connectivity index (χ4n) is 2.28. The molecule has 2 heterocycles. The molecule has 0 fully saturated rings. The van der Waals surface area contributed by atoms with Crippen LogP contribution in [0.5, 0.6) is 0 Å². The van der Waals surface area contributed by atoms with Gasteiger partial charge in [-0.1, -0.05) is 0 Å². The second-order valence-corrected chi connectivity index (χ2v) is 6.60. The highest BCUT2D eigenvalue weighted by Crippen LogP contribution is 2.41. The Morgan fingerprint density at radius 2 is 2.00 bits per heavy atom. The standard InChI is InChI=1S/C16H16BrF3N2O4/c1-10-2-4-12(26-10)15(25,16(18,19)20)6-7-21-13(23)9-22-8-11(17)3-5-14(22)24/h2-5,8,25H,6-7,9H2,1H3,(H,21,23)/t15-/m0/s1. The van der Waals surface area contributed by atoms with Crippen LogP contribution in [0.25, 0.3) is 0 Å². The summed E-state index contributed by atoms with van der Waals surface area (Å²) >= 11 is 3.15. The molecule has 0 aliphatic heterocycles. The number of carbonyl (C=O) groups excluding carboxylic acids is 1. The van der Waals surface area contributed by atoms with Crippen molar-refractivity contribution in [1.82, 2.24) is 9.88 Å². The van der Waals surface area contributed by atoms with Crippen molar-refractivity contribution in [3.05, 3.63) is 56.8 Å². The van der Waals surface area contributed by atoms with Gasteiger partial charge in [0.2, 0.25) is 11.5 Å². The lowest BCUT2D eigenvalue weighted by Crippen LogP contribution is -2.45. The number of halogens is 4. The van der Waals surface area contributed by atoms with Crippen LogP contribution in [0.3, 0.4) is 0 Å². The lowest BCUT2D eigenvalue weighted by molar-refractivity contribution is -0.274. The lowest BCUT2D eigenvalue weighted by Gasteiger charge is -2.28. The van der Waals surface area contributed by atoms with Crippen molar-refractivity contribution in [2.24, 2.45) is 0 Å². The van der Waals surface area contributed by atoms with Crippen LogP contribution >= 0.6 is 15.9 Å². The number of aryl methyl sites for hydroxylation is 1. The normalized spacial score (nSPS) is 14.1. The summed E-state index contributed by atoms with van der Waals surface area (Å²) in [6.45, 7) is 0.637. The van der Waals surface area contributed by atoms with E-state index in [0.717, 1.165) is 10.6 Å². The Labute approximate surface area is 154 Å². The van der Waals surface area contributed by atoms with E-state index in [2.05, 4.69) is 21.2 Å². The molecule has 1 amide bonds. The van der Waals surface area contributed by atoms with Gasteiger partial charge in [0.1, 0.15) is 18.1 Å². The molecule has 2 N–H and O–H groups in total. The molecule has 2 aromatic rings. The smallest absolute Gasteiger partial charge is 0.424 e.